The van der Waals surface area contributed by atoms with Crippen molar-refractivity contribution in [3.05, 3.63) is 65.2 Å². The van der Waals surface area contributed by atoms with Crippen LogP contribution in [0.4, 0.5) is 0 Å². The number of benzene rings is 2. The third-order valence-electron chi connectivity index (χ3n) is 4.12. The SMILES string of the molecule is CCOC(=O)C(Cc1cccc(C#N)c1)NC(=O)CNS(=O)(=O)c1ccc(C#N)cc1. The lowest BCUT2D eigenvalue weighted by molar-refractivity contribution is -0.147. The Kier molecular flexibility index (Phi) is 8.26. The molecule has 2 rings (SSSR count). The van der Waals surface area contributed by atoms with Crippen LogP contribution in [0.2, 0.25) is 0 Å². The monoisotopic (exact) mass is 440 g/mol. The second kappa shape index (κ2) is 10.9. The number of esters is 1. The van der Waals surface area contributed by atoms with Crippen molar-refractivity contribution in [3.8, 4) is 12.1 Å². The Labute approximate surface area is 180 Å². The van der Waals surface area contributed by atoms with Gasteiger partial charge in [-0.2, -0.15) is 10.5 Å². The molecule has 0 aliphatic rings. The van der Waals surface area contributed by atoms with E-state index in [2.05, 4.69) is 10.0 Å². The second-order valence-electron chi connectivity index (χ2n) is 6.35. The number of nitrogens with zero attached hydrogens (tertiary/aromatic N) is 2. The van der Waals surface area contributed by atoms with E-state index in [1.165, 1.54) is 24.3 Å². The minimum absolute atomic E-state index is 0.0719. The molecule has 10 heteroatoms. The molecule has 2 aromatic carbocycles. The summed E-state index contributed by atoms with van der Waals surface area (Å²) in [7, 11) is -3.99. The zero-order valence-electron chi connectivity index (χ0n) is 16.7. The van der Waals surface area contributed by atoms with Crippen LogP contribution in [0.25, 0.3) is 0 Å². The van der Waals surface area contributed by atoms with E-state index < -0.39 is 34.5 Å². The Bertz CT molecular complexity index is 1130. The summed E-state index contributed by atoms with van der Waals surface area (Å²) < 4.78 is 31.8. The summed E-state index contributed by atoms with van der Waals surface area (Å²) in [6.07, 6.45) is 0.0719. The zero-order valence-corrected chi connectivity index (χ0v) is 17.5. The molecule has 0 saturated heterocycles. The molecule has 0 radical (unpaired) electrons. The summed E-state index contributed by atoms with van der Waals surface area (Å²) in [4.78, 5) is 24.5. The highest BCUT2D eigenvalue weighted by atomic mass is 32.2. The number of amides is 1. The lowest BCUT2D eigenvalue weighted by Crippen LogP contribution is -2.47. The Morgan fingerprint density at radius 1 is 1.06 bits per heavy atom. The summed E-state index contributed by atoms with van der Waals surface area (Å²) >= 11 is 0. The van der Waals surface area contributed by atoms with Crippen LogP contribution in [-0.2, 0) is 30.8 Å². The van der Waals surface area contributed by atoms with E-state index in [0.29, 0.717) is 16.7 Å². The molecule has 0 aromatic heterocycles. The largest absolute Gasteiger partial charge is 0.464 e. The van der Waals surface area contributed by atoms with Crippen LogP contribution >= 0.6 is 0 Å². The molecule has 0 spiro atoms. The summed E-state index contributed by atoms with van der Waals surface area (Å²) in [5, 5.41) is 20.3. The molecule has 2 N–H and O–H groups in total. The van der Waals surface area contributed by atoms with Crippen molar-refractivity contribution >= 4 is 21.9 Å². The zero-order chi connectivity index (χ0) is 22.9. The van der Waals surface area contributed by atoms with Gasteiger partial charge in [0.2, 0.25) is 15.9 Å². The minimum Gasteiger partial charge on any atom is -0.464 e. The average molecular weight is 440 g/mol. The number of carbonyl (C=O) groups excluding carboxylic acids is 2. The fourth-order valence-electron chi connectivity index (χ4n) is 2.64. The van der Waals surface area contributed by atoms with E-state index in [1.54, 1.807) is 31.2 Å². The molecule has 1 amide bonds. The Balaban J connectivity index is 2.06. The number of sulfonamides is 1. The van der Waals surface area contributed by atoms with Gasteiger partial charge in [0, 0.05) is 6.42 Å². The van der Waals surface area contributed by atoms with Crippen molar-refractivity contribution in [1.29, 1.82) is 10.5 Å². The van der Waals surface area contributed by atoms with Crippen LogP contribution in [0.1, 0.15) is 23.6 Å². The van der Waals surface area contributed by atoms with E-state index in [9.17, 15) is 18.0 Å². The lowest BCUT2D eigenvalue weighted by Gasteiger charge is -2.18. The molecular formula is C21H20N4O5S. The van der Waals surface area contributed by atoms with Crippen LogP contribution in [0.15, 0.2) is 53.4 Å². The molecule has 31 heavy (non-hydrogen) atoms. The van der Waals surface area contributed by atoms with Gasteiger partial charge < -0.3 is 10.1 Å². The number of rotatable bonds is 9. The Morgan fingerprint density at radius 2 is 1.74 bits per heavy atom. The number of hydrogen-bond donors (Lipinski definition) is 2. The summed E-state index contributed by atoms with van der Waals surface area (Å²) in [6, 6.07) is 14.6. The van der Waals surface area contributed by atoms with E-state index >= 15 is 0 Å². The average Bonchev–Trinajstić information content (AvgIpc) is 2.77. The van der Waals surface area contributed by atoms with Gasteiger partial charge in [-0.3, -0.25) is 4.79 Å². The first-order chi connectivity index (χ1) is 14.8. The smallest absolute Gasteiger partial charge is 0.328 e. The minimum atomic E-state index is -3.99. The number of nitriles is 2. The molecule has 0 fully saturated rings. The van der Waals surface area contributed by atoms with Gasteiger partial charge in [0.25, 0.3) is 0 Å². The maximum Gasteiger partial charge on any atom is 0.328 e. The molecular weight excluding hydrogens is 420 g/mol. The van der Waals surface area contributed by atoms with Crippen molar-refractivity contribution in [2.75, 3.05) is 13.2 Å². The first kappa shape index (κ1) is 23.5. The second-order valence-corrected chi connectivity index (χ2v) is 8.12. The van der Waals surface area contributed by atoms with E-state index in [-0.39, 0.29) is 17.9 Å². The van der Waals surface area contributed by atoms with Gasteiger partial charge in [-0.05, 0) is 48.9 Å². The molecule has 1 unspecified atom stereocenters. The molecule has 2 aromatic rings. The number of carbonyl (C=O) groups is 2. The van der Waals surface area contributed by atoms with Gasteiger partial charge in [0.05, 0.1) is 41.3 Å². The molecule has 1 atom stereocenters. The van der Waals surface area contributed by atoms with Crippen LogP contribution in [0, 0.1) is 22.7 Å². The van der Waals surface area contributed by atoms with Crippen molar-refractivity contribution in [2.24, 2.45) is 0 Å². The van der Waals surface area contributed by atoms with E-state index in [0.717, 1.165) is 0 Å². The molecule has 0 aliphatic heterocycles. The summed E-state index contributed by atoms with van der Waals surface area (Å²) in [5.41, 5.74) is 1.34. The topological polar surface area (TPSA) is 149 Å². The van der Waals surface area contributed by atoms with Gasteiger partial charge in [0.15, 0.2) is 0 Å². The highest BCUT2D eigenvalue weighted by Gasteiger charge is 2.24. The number of nitrogens with one attached hydrogen (secondary N) is 2. The first-order valence-corrected chi connectivity index (χ1v) is 10.7. The van der Waals surface area contributed by atoms with Crippen LogP contribution in [0.3, 0.4) is 0 Å². The van der Waals surface area contributed by atoms with Crippen molar-refractivity contribution < 1.29 is 22.7 Å². The van der Waals surface area contributed by atoms with E-state index in [1.807, 2.05) is 12.1 Å². The normalized spacial score (nSPS) is 11.6. The summed E-state index contributed by atoms with van der Waals surface area (Å²) in [6.45, 7) is 1.13. The standard InChI is InChI=1S/C21H20N4O5S/c1-2-30-21(27)19(11-16-4-3-5-17(10-16)13-23)25-20(26)14-24-31(28,29)18-8-6-15(12-22)7-9-18/h3-10,19,24H,2,11,14H2,1H3,(H,25,26). The molecule has 160 valence electrons. The first-order valence-electron chi connectivity index (χ1n) is 9.24. The molecule has 0 bridgehead atoms. The van der Waals surface area contributed by atoms with E-state index in [4.69, 9.17) is 15.3 Å². The van der Waals surface area contributed by atoms with Crippen LogP contribution in [-0.4, -0.2) is 39.5 Å². The predicted molar refractivity (Wildman–Crippen MR) is 110 cm³/mol. The highest BCUT2D eigenvalue weighted by Crippen LogP contribution is 2.10. The number of hydrogen-bond acceptors (Lipinski definition) is 7. The molecule has 0 aliphatic carbocycles. The summed E-state index contributed by atoms with van der Waals surface area (Å²) in [5.74, 6) is -1.40. The van der Waals surface area contributed by atoms with Gasteiger partial charge in [-0.15, -0.1) is 0 Å². The van der Waals surface area contributed by atoms with Crippen LogP contribution < -0.4 is 10.0 Å². The molecule has 9 nitrogen and oxygen atoms in total. The third kappa shape index (κ3) is 6.93. The predicted octanol–water partition coefficient (Wildman–Crippen LogP) is 0.999. The maximum absolute atomic E-state index is 12.3. The van der Waals surface area contributed by atoms with Crippen molar-refractivity contribution in [1.82, 2.24) is 10.0 Å². The number of ether oxygens (including phenoxy) is 1. The van der Waals surface area contributed by atoms with Gasteiger partial charge >= 0.3 is 5.97 Å². The molecule has 0 saturated carbocycles. The Hall–Kier alpha value is -3.73. The fraction of sp³-hybridized carbons (Fsp3) is 0.238. The third-order valence-corrected chi connectivity index (χ3v) is 5.54. The van der Waals surface area contributed by atoms with Crippen molar-refractivity contribution in [3.63, 3.8) is 0 Å². The van der Waals surface area contributed by atoms with Gasteiger partial charge in [0.1, 0.15) is 6.04 Å². The maximum atomic E-state index is 12.3. The highest BCUT2D eigenvalue weighted by molar-refractivity contribution is 7.89. The fourth-order valence-corrected chi connectivity index (χ4v) is 3.62. The Morgan fingerprint density at radius 3 is 2.35 bits per heavy atom. The lowest BCUT2D eigenvalue weighted by atomic mass is 10.0. The quantitative estimate of drug-likeness (QED) is 0.552. The van der Waals surface area contributed by atoms with Gasteiger partial charge in [-0.25, -0.2) is 17.9 Å². The van der Waals surface area contributed by atoms with Crippen molar-refractivity contribution in [2.45, 2.75) is 24.3 Å². The van der Waals surface area contributed by atoms with Crippen LogP contribution in [0.5, 0.6) is 0 Å². The molecule has 0 heterocycles. The van der Waals surface area contributed by atoms with Gasteiger partial charge in [-0.1, -0.05) is 12.1 Å².